The molecule has 3 atom stereocenters. The van der Waals surface area contributed by atoms with Gasteiger partial charge in [-0.3, -0.25) is 9.00 Å². The number of benzene rings is 1. The minimum atomic E-state index is -2.86. The molecule has 1 aromatic rings. The minimum absolute atomic E-state index is 0.0431. The summed E-state index contributed by atoms with van der Waals surface area (Å²) in [6.45, 7) is -0.736. The smallest absolute Gasteiger partial charge is 0.387 e. The van der Waals surface area contributed by atoms with Gasteiger partial charge >= 0.3 is 6.61 Å². The maximum atomic E-state index is 12.1. The number of amides is 1. The van der Waals surface area contributed by atoms with Gasteiger partial charge in [-0.25, -0.2) is 0 Å². The molecule has 1 aliphatic carbocycles. The van der Waals surface area contributed by atoms with Crippen LogP contribution >= 0.6 is 0 Å². The molecule has 0 bridgehead atoms. The van der Waals surface area contributed by atoms with Crippen molar-refractivity contribution in [2.75, 3.05) is 5.75 Å². The zero-order chi connectivity index (χ0) is 17.5. The van der Waals surface area contributed by atoms with Crippen molar-refractivity contribution in [1.82, 2.24) is 5.32 Å². The van der Waals surface area contributed by atoms with Crippen LogP contribution in [0.25, 0.3) is 0 Å². The van der Waals surface area contributed by atoms with E-state index in [4.69, 9.17) is 0 Å². The third kappa shape index (κ3) is 6.19. The Morgan fingerprint density at radius 3 is 2.58 bits per heavy atom. The third-order valence-corrected chi connectivity index (χ3v) is 5.47. The summed E-state index contributed by atoms with van der Waals surface area (Å²) in [7, 11) is -1.34. The summed E-state index contributed by atoms with van der Waals surface area (Å²) >= 11 is 0. The van der Waals surface area contributed by atoms with Crippen molar-refractivity contribution in [1.29, 1.82) is 0 Å². The Morgan fingerprint density at radius 2 is 1.96 bits per heavy atom. The number of carbonyl (C=O) groups excluding carboxylic acids is 1. The van der Waals surface area contributed by atoms with Crippen LogP contribution in [0.1, 0.15) is 38.2 Å². The van der Waals surface area contributed by atoms with E-state index in [1.807, 2.05) is 0 Å². The highest BCUT2D eigenvalue weighted by molar-refractivity contribution is 7.84. The molecular formula is C17H23F2NO3S. The Morgan fingerprint density at radius 1 is 1.29 bits per heavy atom. The second-order valence-corrected chi connectivity index (χ2v) is 7.64. The standard InChI is InChI=1S/C17H23F2NO3S/c1-12-4-2-3-5-15(12)20-16(21)11-24(22)10-13-6-8-14(9-7-13)23-17(18)19/h6-9,12,15,17H,2-5,10-11H2,1H3,(H,20,21)/t12-,15-,24+/m1/s1. The molecule has 0 aromatic heterocycles. The molecule has 0 saturated heterocycles. The molecule has 1 aromatic carbocycles. The molecule has 0 unspecified atom stereocenters. The van der Waals surface area contributed by atoms with Crippen LogP contribution < -0.4 is 10.1 Å². The number of alkyl halides is 2. The monoisotopic (exact) mass is 359 g/mol. The number of ether oxygens (including phenoxy) is 1. The van der Waals surface area contributed by atoms with Crippen LogP contribution in [0.15, 0.2) is 24.3 Å². The van der Waals surface area contributed by atoms with Gasteiger partial charge in [0.15, 0.2) is 0 Å². The number of halogens is 2. The van der Waals surface area contributed by atoms with Crippen LogP contribution in [-0.4, -0.2) is 28.5 Å². The fraction of sp³-hybridized carbons (Fsp3) is 0.588. The molecule has 1 N–H and O–H groups in total. The lowest BCUT2D eigenvalue weighted by atomic mass is 9.86. The summed E-state index contributed by atoms with van der Waals surface area (Å²) in [5.74, 6) is 0.494. The molecule has 0 radical (unpaired) electrons. The van der Waals surface area contributed by atoms with Gasteiger partial charge in [-0.15, -0.1) is 0 Å². The first kappa shape index (κ1) is 18.8. The first-order valence-corrected chi connectivity index (χ1v) is 9.61. The lowest BCUT2D eigenvalue weighted by Gasteiger charge is -2.29. The molecule has 0 heterocycles. The summed E-state index contributed by atoms with van der Waals surface area (Å²) < 4.78 is 40.5. The topological polar surface area (TPSA) is 55.4 Å². The first-order valence-electron chi connectivity index (χ1n) is 8.12. The van der Waals surface area contributed by atoms with E-state index in [2.05, 4.69) is 17.0 Å². The number of nitrogens with one attached hydrogen (secondary N) is 1. The van der Waals surface area contributed by atoms with Crippen LogP contribution in [0, 0.1) is 5.92 Å². The predicted octanol–water partition coefficient (Wildman–Crippen LogP) is 3.23. The molecule has 1 fully saturated rings. The lowest BCUT2D eigenvalue weighted by molar-refractivity contribution is -0.119. The van der Waals surface area contributed by atoms with Crippen LogP contribution in [0.2, 0.25) is 0 Å². The lowest BCUT2D eigenvalue weighted by Crippen LogP contribution is -2.42. The average Bonchev–Trinajstić information content (AvgIpc) is 2.51. The highest BCUT2D eigenvalue weighted by Crippen LogP contribution is 2.23. The molecule has 7 heteroatoms. The molecule has 1 saturated carbocycles. The Balaban J connectivity index is 1.78. The van der Waals surface area contributed by atoms with Crippen molar-refractivity contribution in [2.45, 2.75) is 51.0 Å². The zero-order valence-electron chi connectivity index (χ0n) is 13.7. The molecule has 24 heavy (non-hydrogen) atoms. The Labute approximate surface area is 143 Å². The van der Waals surface area contributed by atoms with Gasteiger partial charge < -0.3 is 10.1 Å². The fourth-order valence-electron chi connectivity index (χ4n) is 2.93. The van der Waals surface area contributed by atoms with E-state index in [-0.39, 0.29) is 29.2 Å². The van der Waals surface area contributed by atoms with Gasteiger partial charge in [-0.05, 0) is 36.5 Å². The number of rotatable bonds is 7. The van der Waals surface area contributed by atoms with Gasteiger partial charge in [-0.1, -0.05) is 31.9 Å². The van der Waals surface area contributed by atoms with E-state index < -0.39 is 17.4 Å². The average molecular weight is 359 g/mol. The van der Waals surface area contributed by atoms with Gasteiger partial charge in [0.25, 0.3) is 0 Å². The maximum Gasteiger partial charge on any atom is 0.387 e. The summed E-state index contributed by atoms with van der Waals surface area (Å²) in [5.41, 5.74) is 0.716. The first-order chi connectivity index (χ1) is 11.4. The third-order valence-electron chi connectivity index (χ3n) is 4.23. The van der Waals surface area contributed by atoms with Gasteiger partial charge in [-0.2, -0.15) is 8.78 Å². The van der Waals surface area contributed by atoms with E-state index in [9.17, 15) is 17.8 Å². The van der Waals surface area contributed by atoms with Gasteiger partial charge in [0.2, 0.25) is 5.91 Å². The quantitative estimate of drug-likeness (QED) is 0.813. The van der Waals surface area contributed by atoms with E-state index in [0.29, 0.717) is 11.5 Å². The van der Waals surface area contributed by atoms with Gasteiger partial charge in [0.1, 0.15) is 11.5 Å². The van der Waals surface area contributed by atoms with Gasteiger partial charge in [0, 0.05) is 22.6 Å². The number of hydrogen-bond acceptors (Lipinski definition) is 3. The predicted molar refractivity (Wildman–Crippen MR) is 89.4 cm³/mol. The largest absolute Gasteiger partial charge is 0.435 e. The summed E-state index contributed by atoms with van der Waals surface area (Å²) in [6, 6.07) is 6.15. The second kappa shape index (κ2) is 9.11. The van der Waals surface area contributed by atoms with Crippen LogP contribution in [-0.2, 0) is 21.3 Å². The van der Waals surface area contributed by atoms with Crippen LogP contribution in [0.4, 0.5) is 8.78 Å². The van der Waals surface area contributed by atoms with E-state index in [1.165, 1.54) is 18.6 Å². The van der Waals surface area contributed by atoms with Crippen molar-refractivity contribution in [3.05, 3.63) is 29.8 Å². The molecule has 1 aliphatic rings. The van der Waals surface area contributed by atoms with Crippen LogP contribution in [0.3, 0.4) is 0 Å². The van der Waals surface area contributed by atoms with Crippen LogP contribution in [0.5, 0.6) is 5.75 Å². The number of hydrogen-bond donors (Lipinski definition) is 1. The van der Waals surface area contributed by atoms with Gasteiger partial charge in [0.05, 0.1) is 0 Å². The minimum Gasteiger partial charge on any atom is -0.435 e. The molecule has 0 spiro atoms. The van der Waals surface area contributed by atoms with E-state index in [0.717, 1.165) is 19.3 Å². The molecule has 0 aliphatic heterocycles. The summed E-state index contributed by atoms with van der Waals surface area (Å²) in [6.07, 6.45) is 4.41. The molecule has 4 nitrogen and oxygen atoms in total. The van der Waals surface area contributed by atoms with Crippen molar-refractivity contribution < 1.29 is 22.5 Å². The zero-order valence-corrected chi connectivity index (χ0v) is 14.5. The summed E-state index contributed by atoms with van der Waals surface area (Å²) in [5, 5.41) is 2.98. The highest BCUT2D eigenvalue weighted by atomic mass is 32.2. The number of carbonyl (C=O) groups is 1. The second-order valence-electron chi connectivity index (χ2n) is 6.19. The fourth-order valence-corrected chi connectivity index (χ4v) is 3.97. The Hall–Kier alpha value is -1.50. The molecule has 2 rings (SSSR count). The molecule has 134 valence electrons. The Bertz CT molecular complexity index is 565. The normalized spacial score (nSPS) is 22.2. The summed E-state index contributed by atoms with van der Waals surface area (Å²) in [4.78, 5) is 12.0. The maximum absolute atomic E-state index is 12.1. The van der Waals surface area contributed by atoms with E-state index in [1.54, 1.807) is 12.1 Å². The SMILES string of the molecule is C[C@@H]1CCCC[C@H]1NC(=O)C[S@@](=O)Cc1ccc(OC(F)F)cc1. The van der Waals surface area contributed by atoms with E-state index >= 15 is 0 Å². The van der Waals surface area contributed by atoms with Crippen molar-refractivity contribution >= 4 is 16.7 Å². The highest BCUT2D eigenvalue weighted by Gasteiger charge is 2.23. The molecular weight excluding hydrogens is 336 g/mol. The van der Waals surface area contributed by atoms with Crippen molar-refractivity contribution in [3.8, 4) is 5.75 Å². The molecule has 1 amide bonds. The van der Waals surface area contributed by atoms with Crippen molar-refractivity contribution in [3.63, 3.8) is 0 Å². The Kier molecular flexibility index (Phi) is 7.15. The van der Waals surface area contributed by atoms with Crippen molar-refractivity contribution in [2.24, 2.45) is 5.92 Å².